The molecule has 0 saturated carbocycles. The standard InChI is InChI=1S/C13H19N5S/c1-8(2)12(9-5-4-6-19-9)16-11-7-10(15-3)17-13(14)18-11/h4-8,12H,1-3H3,(H4,14,15,16,17,18). The predicted molar refractivity (Wildman–Crippen MR) is 81.5 cm³/mol. The number of nitrogen functional groups attached to an aromatic ring is 1. The van der Waals surface area contributed by atoms with E-state index in [1.165, 1.54) is 4.88 Å². The third-order valence-electron chi connectivity index (χ3n) is 2.82. The molecule has 0 aromatic carbocycles. The Morgan fingerprint density at radius 1 is 1.26 bits per heavy atom. The first-order valence-corrected chi connectivity index (χ1v) is 7.10. The number of nitrogens with two attached hydrogens (primary N) is 1. The molecule has 1 atom stereocenters. The minimum atomic E-state index is 0.221. The van der Waals surface area contributed by atoms with Crippen LogP contribution in [-0.4, -0.2) is 17.0 Å². The maximum absolute atomic E-state index is 5.71. The zero-order chi connectivity index (χ0) is 13.8. The van der Waals surface area contributed by atoms with Crippen molar-refractivity contribution in [1.29, 1.82) is 0 Å². The Morgan fingerprint density at radius 3 is 2.58 bits per heavy atom. The predicted octanol–water partition coefficient (Wildman–Crippen LogP) is 2.97. The minimum absolute atomic E-state index is 0.221. The van der Waals surface area contributed by atoms with Gasteiger partial charge >= 0.3 is 0 Å². The van der Waals surface area contributed by atoms with Gasteiger partial charge in [-0.15, -0.1) is 11.3 Å². The van der Waals surface area contributed by atoms with Crippen LogP contribution in [0.5, 0.6) is 0 Å². The van der Waals surface area contributed by atoms with E-state index in [4.69, 9.17) is 5.73 Å². The Bertz CT molecular complexity index is 524. The quantitative estimate of drug-likeness (QED) is 0.783. The van der Waals surface area contributed by atoms with Gasteiger partial charge in [-0.05, 0) is 17.4 Å². The van der Waals surface area contributed by atoms with Crippen LogP contribution < -0.4 is 16.4 Å². The number of anilines is 3. The van der Waals surface area contributed by atoms with E-state index >= 15 is 0 Å². The van der Waals surface area contributed by atoms with Gasteiger partial charge in [0.25, 0.3) is 0 Å². The molecule has 0 fully saturated rings. The summed E-state index contributed by atoms with van der Waals surface area (Å²) in [6.45, 7) is 4.36. The van der Waals surface area contributed by atoms with Crippen molar-refractivity contribution in [2.75, 3.05) is 23.4 Å². The number of thiophene rings is 1. The highest BCUT2D eigenvalue weighted by molar-refractivity contribution is 7.10. The Balaban J connectivity index is 2.24. The van der Waals surface area contributed by atoms with E-state index in [2.05, 4.69) is 52.0 Å². The first-order valence-electron chi connectivity index (χ1n) is 6.22. The van der Waals surface area contributed by atoms with Crippen LogP contribution in [0.15, 0.2) is 23.6 Å². The molecule has 1 unspecified atom stereocenters. The zero-order valence-corrected chi connectivity index (χ0v) is 12.2. The van der Waals surface area contributed by atoms with Crippen molar-refractivity contribution in [3.8, 4) is 0 Å². The molecule has 0 spiro atoms. The fraction of sp³-hybridized carbons (Fsp3) is 0.385. The summed E-state index contributed by atoms with van der Waals surface area (Å²) in [5, 5.41) is 8.50. The SMILES string of the molecule is CNc1cc(NC(c2cccs2)C(C)C)nc(N)n1. The van der Waals surface area contributed by atoms with Crippen LogP contribution in [0.4, 0.5) is 17.6 Å². The maximum Gasteiger partial charge on any atom is 0.223 e. The normalized spacial score (nSPS) is 12.4. The molecule has 4 N–H and O–H groups in total. The van der Waals surface area contributed by atoms with Gasteiger partial charge in [0.2, 0.25) is 5.95 Å². The Morgan fingerprint density at radius 2 is 2.00 bits per heavy atom. The van der Waals surface area contributed by atoms with E-state index in [0.29, 0.717) is 11.7 Å². The highest BCUT2D eigenvalue weighted by Crippen LogP contribution is 2.29. The number of nitrogens with one attached hydrogen (secondary N) is 2. The summed E-state index contributed by atoms with van der Waals surface area (Å²) >= 11 is 1.74. The van der Waals surface area contributed by atoms with Gasteiger partial charge in [0.05, 0.1) is 6.04 Å². The molecule has 0 bridgehead atoms. The third-order valence-corrected chi connectivity index (χ3v) is 3.77. The van der Waals surface area contributed by atoms with E-state index in [9.17, 15) is 0 Å². The van der Waals surface area contributed by atoms with Crippen LogP contribution in [0, 0.1) is 5.92 Å². The van der Waals surface area contributed by atoms with E-state index in [1.54, 1.807) is 11.3 Å². The van der Waals surface area contributed by atoms with Crippen molar-refractivity contribution in [2.24, 2.45) is 5.92 Å². The van der Waals surface area contributed by atoms with E-state index < -0.39 is 0 Å². The van der Waals surface area contributed by atoms with Crippen molar-refractivity contribution in [1.82, 2.24) is 9.97 Å². The van der Waals surface area contributed by atoms with Crippen molar-refractivity contribution in [2.45, 2.75) is 19.9 Å². The topological polar surface area (TPSA) is 75.9 Å². The van der Waals surface area contributed by atoms with Gasteiger partial charge in [0, 0.05) is 18.0 Å². The molecule has 0 saturated heterocycles. The third kappa shape index (κ3) is 3.35. The van der Waals surface area contributed by atoms with Gasteiger partial charge in [-0.25, -0.2) is 0 Å². The molecule has 0 aliphatic rings. The molecule has 2 aromatic heterocycles. The summed E-state index contributed by atoms with van der Waals surface area (Å²) in [5.41, 5.74) is 5.71. The molecular weight excluding hydrogens is 258 g/mol. The van der Waals surface area contributed by atoms with Crippen LogP contribution in [-0.2, 0) is 0 Å². The monoisotopic (exact) mass is 277 g/mol. The number of hydrogen-bond acceptors (Lipinski definition) is 6. The molecule has 0 aliphatic heterocycles. The Kier molecular flexibility index (Phi) is 4.21. The van der Waals surface area contributed by atoms with Crippen molar-refractivity contribution in [3.05, 3.63) is 28.5 Å². The van der Waals surface area contributed by atoms with Crippen molar-refractivity contribution in [3.63, 3.8) is 0 Å². The molecule has 6 heteroatoms. The number of hydrogen-bond donors (Lipinski definition) is 3. The summed E-state index contributed by atoms with van der Waals surface area (Å²) in [4.78, 5) is 9.61. The first-order chi connectivity index (χ1) is 9.10. The summed E-state index contributed by atoms with van der Waals surface area (Å²) < 4.78 is 0. The second-order valence-corrected chi connectivity index (χ2v) is 5.61. The Hall–Kier alpha value is -1.82. The van der Waals surface area contributed by atoms with Gasteiger partial charge < -0.3 is 16.4 Å². The van der Waals surface area contributed by atoms with Gasteiger partial charge in [-0.1, -0.05) is 19.9 Å². The maximum atomic E-state index is 5.71. The Labute approximate surface area is 117 Å². The first kappa shape index (κ1) is 13.6. The lowest BCUT2D eigenvalue weighted by Crippen LogP contribution is -2.17. The summed E-state index contributed by atoms with van der Waals surface area (Å²) in [6, 6.07) is 6.27. The second-order valence-electron chi connectivity index (χ2n) is 4.63. The average molecular weight is 277 g/mol. The van der Waals surface area contributed by atoms with Crippen molar-refractivity contribution < 1.29 is 0 Å². The van der Waals surface area contributed by atoms with Gasteiger partial charge in [-0.3, -0.25) is 0 Å². The molecule has 0 radical (unpaired) electrons. The van der Waals surface area contributed by atoms with E-state index in [-0.39, 0.29) is 12.0 Å². The molecule has 2 aromatic rings. The highest BCUT2D eigenvalue weighted by atomic mass is 32.1. The molecule has 0 aliphatic carbocycles. The molecule has 0 amide bonds. The van der Waals surface area contributed by atoms with Crippen LogP contribution in [0.2, 0.25) is 0 Å². The molecule has 2 heterocycles. The molecule has 5 nitrogen and oxygen atoms in total. The van der Waals surface area contributed by atoms with Crippen LogP contribution in [0.25, 0.3) is 0 Å². The number of nitrogens with zero attached hydrogens (tertiary/aromatic N) is 2. The lowest BCUT2D eigenvalue weighted by Gasteiger charge is -2.22. The van der Waals surface area contributed by atoms with E-state index in [0.717, 1.165) is 5.82 Å². The fourth-order valence-electron chi connectivity index (χ4n) is 1.86. The minimum Gasteiger partial charge on any atom is -0.373 e. The number of aromatic nitrogens is 2. The van der Waals surface area contributed by atoms with Crippen LogP contribution in [0.3, 0.4) is 0 Å². The van der Waals surface area contributed by atoms with E-state index in [1.807, 2.05) is 13.1 Å². The highest BCUT2D eigenvalue weighted by Gasteiger charge is 2.17. The molecule has 2 rings (SSSR count). The largest absolute Gasteiger partial charge is 0.373 e. The fourth-order valence-corrected chi connectivity index (χ4v) is 2.81. The van der Waals surface area contributed by atoms with Crippen molar-refractivity contribution >= 4 is 28.9 Å². The summed E-state index contributed by atoms with van der Waals surface area (Å²) in [6.07, 6.45) is 0. The van der Waals surface area contributed by atoms with Gasteiger partial charge in [0.15, 0.2) is 0 Å². The second kappa shape index (κ2) is 5.88. The van der Waals surface area contributed by atoms with Crippen LogP contribution >= 0.6 is 11.3 Å². The lowest BCUT2D eigenvalue weighted by atomic mass is 10.0. The summed E-state index contributed by atoms with van der Waals surface area (Å²) in [7, 11) is 1.81. The smallest absolute Gasteiger partial charge is 0.223 e. The van der Waals surface area contributed by atoms with Crippen LogP contribution in [0.1, 0.15) is 24.8 Å². The average Bonchev–Trinajstić information content (AvgIpc) is 2.88. The summed E-state index contributed by atoms with van der Waals surface area (Å²) in [5.74, 6) is 2.17. The van der Waals surface area contributed by atoms with Gasteiger partial charge in [-0.2, -0.15) is 9.97 Å². The molecular formula is C13H19N5S. The molecule has 102 valence electrons. The number of rotatable bonds is 5. The van der Waals surface area contributed by atoms with Gasteiger partial charge in [0.1, 0.15) is 11.6 Å². The zero-order valence-electron chi connectivity index (χ0n) is 11.3. The lowest BCUT2D eigenvalue weighted by molar-refractivity contribution is 0.552. The molecule has 19 heavy (non-hydrogen) atoms.